The Bertz CT molecular complexity index is 474. The van der Waals surface area contributed by atoms with Gasteiger partial charge >= 0.3 is 0 Å². The summed E-state index contributed by atoms with van der Waals surface area (Å²) in [5.74, 6) is 0.0424. The highest BCUT2D eigenvalue weighted by Gasteiger charge is 2.23. The van der Waals surface area contributed by atoms with Crippen LogP contribution < -0.4 is 10.6 Å². The predicted molar refractivity (Wildman–Crippen MR) is 68.7 cm³/mol. The van der Waals surface area contributed by atoms with Crippen LogP contribution in [0, 0.1) is 11.3 Å². The van der Waals surface area contributed by atoms with E-state index in [1.807, 2.05) is 25.1 Å². The molecule has 1 saturated carbocycles. The fourth-order valence-electron chi connectivity index (χ4n) is 1.75. The highest BCUT2D eigenvalue weighted by molar-refractivity contribution is 5.78. The molecule has 2 N–H and O–H groups in total. The Kier molecular flexibility index (Phi) is 3.96. The van der Waals surface area contributed by atoms with Crippen LogP contribution in [0.4, 0.5) is 0 Å². The van der Waals surface area contributed by atoms with Crippen LogP contribution in [0.15, 0.2) is 24.3 Å². The van der Waals surface area contributed by atoms with Crippen molar-refractivity contribution in [2.24, 2.45) is 0 Å². The van der Waals surface area contributed by atoms with E-state index in [0.29, 0.717) is 18.2 Å². The van der Waals surface area contributed by atoms with E-state index in [1.54, 1.807) is 6.07 Å². The first-order valence-electron chi connectivity index (χ1n) is 6.22. The van der Waals surface area contributed by atoms with Crippen LogP contribution in [0.1, 0.15) is 36.9 Å². The van der Waals surface area contributed by atoms with Gasteiger partial charge in [0.05, 0.1) is 18.2 Å². The molecule has 1 aliphatic rings. The third-order valence-corrected chi connectivity index (χ3v) is 3.03. The summed E-state index contributed by atoms with van der Waals surface area (Å²) in [5, 5.41) is 14.9. The first-order valence-corrected chi connectivity index (χ1v) is 6.22. The van der Waals surface area contributed by atoms with Gasteiger partial charge in [-0.3, -0.25) is 4.79 Å². The van der Waals surface area contributed by atoms with Gasteiger partial charge in [-0.05, 0) is 37.5 Å². The number of nitriles is 1. The van der Waals surface area contributed by atoms with Crippen LogP contribution in [0.5, 0.6) is 0 Å². The van der Waals surface area contributed by atoms with Gasteiger partial charge in [0.15, 0.2) is 0 Å². The summed E-state index contributed by atoms with van der Waals surface area (Å²) in [6.07, 6.45) is 2.21. The van der Waals surface area contributed by atoms with E-state index >= 15 is 0 Å². The predicted octanol–water partition coefficient (Wildman–Crippen LogP) is 1.49. The monoisotopic (exact) mass is 243 g/mol. The Morgan fingerprint density at radius 1 is 1.56 bits per heavy atom. The van der Waals surface area contributed by atoms with Gasteiger partial charge in [-0.2, -0.15) is 5.26 Å². The largest absolute Gasteiger partial charge is 0.352 e. The minimum atomic E-state index is 0.0424. The summed E-state index contributed by atoms with van der Waals surface area (Å²) in [7, 11) is 0. The molecule has 94 valence electrons. The summed E-state index contributed by atoms with van der Waals surface area (Å²) in [5.41, 5.74) is 1.66. The molecule has 1 unspecified atom stereocenters. The van der Waals surface area contributed by atoms with Crippen LogP contribution in [-0.2, 0) is 4.79 Å². The van der Waals surface area contributed by atoms with Crippen LogP contribution in [0.3, 0.4) is 0 Å². The van der Waals surface area contributed by atoms with E-state index < -0.39 is 0 Å². The lowest BCUT2D eigenvalue weighted by atomic mass is 10.1. The Balaban J connectivity index is 1.84. The SMILES string of the molecule is CC(NCC(=O)NC1CC1)c1cccc(C#N)c1. The van der Waals surface area contributed by atoms with Crippen molar-refractivity contribution >= 4 is 5.91 Å². The zero-order chi connectivity index (χ0) is 13.0. The molecule has 0 aromatic heterocycles. The van der Waals surface area contributed by atoms with E-state index in [0.717, 1.165) is 18.4 Å². The molecule has 0 heterocycles. The van der Waals surface area contributed by atoms with Crippen LogP contribution in [0.2, 0.25) is 0 Å². The molecule has 4 nitrogen and oxygen atoms in total. The third-order valence-electron chi connectivity index (χ3n) is 3.03. The summed E-state index contributed by atoms with van der Waals surface area (Å²) >= 11 is 0. The van der Waals surface area contributed by atoms with Gasteiger partial charge in [0, 0.05) is 12.1 Å². The maximum atomic E-state index is 11.5. The highest BCUT2D eigenvalue weighted by Crippen LogP contribution is 2.18. The summed E-state index contributed by atoms with van der Waals surface area (Å²) in [6, 6.07) is 10.0. The number of nitrogens with one attached hydrogen (secondary N) is 2. The lowest BCUT2D eigenvalue weighted by molar-refractivity contribution is -0.120. The van der Waals surface area contributed by atoms with Crippen molar-refractivity contribution in [2.45, 2.75) is 31.8 Å². The molecule has 0 spiro atoms. The smallest absolute Gasteiger partial charge is 0.234 e. The first-order chi connectivity index (χ1) is 8.69. The second kappa shape index (κ2) is 5.65. The Morgan fingerprint density at radius 3 is 3.00 bits per heavy atom. The van der Waals surface area contributed by atoms with E-state index in [9.17, 15) is 4.79 Å². The molecule has 2 rings (SSSR count). The molecule has 1 fully saturated rings. The van der Waals surface area contributed by atoms with Crippen molar-refractivity contribution in [3.63, 3.8) is 0 Å². The van der Waals surface area contributed by atoms with Crippen LogP contribution in [-0.4, -0.2) is 18.5 Å². The van der Waals surface area contributed by atoms with Gasteiger partial charge in [-0.1, -0.05) is 12.1 Å². The molecule has 1 aliphatic carbocycles. The molecule has 0 bridgehead atoms. The average molecular weight is 243 g/mol. The van der Waals surface area contributed by atoms with Crippen LogP contribution >= 0.6 is 0 Å². The van der Waals surface area contributed by atoms with Gasteiger partial charge in [0.25, 0.3) is 0 Å². The van der Waals surface area contributed by atoms with Crippen molar-refractivity contribution in [3.05, 3.63) is 35.4 Å². The molecule has 1 aromatic rings. The number of rotatable bonds is 5. The van der Waals surface area contributed by atoms with Crippen molar-refractivity contribution in [1.29, 1.82) is 5.26 Å². The van der Waals surface area contributed by atoms with Gasteiger partial charge in [-0.25, -0.2) is 0 Å². The zero-order valence-corrected chi connectivity index (χ0v) is 10.4. The average Bonchev–Trinajstić information content (AvgIpc) is 3.20. The molecule has 0 radical (unpaired) electrons. The lowest BCUT2D eigenvalue weighted by Crippen LogP contribution is -2.36. The molecule has 1 aromatic carbocycles. The quantitative estimate of drug-likeness (QED) is 0.823. The van der Waals surface area contributed by atoms with Gasteiger partial charge in [0.2, 0.25) is 5.91 Å². The van der Waals surface area contributed by atoms with E-state index in [4.69, 9.17) is 5.26 Å². The minimum Gasteiger partial charge on any atom is -0.352 e. The van der Waals surface area contributed by atoms with Gasteiger partial charge in [0.1, 0.15) is 0 Å². The first kappa shape index (κ1) is 12.6. The number of carbonyl (C=O) groups excluding carboxylic acids is 1. The number of carbonyl (C=O) groups is 1. The molecule has 4 heteroatoms. The maximum Gasteiger partial charge on any atom is 0.234 e. The Hall–Kier alpha value is -1.86. The number of benzene rings is 1. The van der Waals surface area contributed by atoms with Crippen molar-refractivity contribution in [3.8, 4) is 6.07 Å². The summed E-state index contributed by atoms with van der Waals surface area (Å²) < 4.78 is 0. The molecule has 0 aliphatic heterocycles. The Morgan fingerprint density at radius 2 is 2.33 bits per heavy atom. The lowest BCUT2D eigenvalue weighted by Gasteiger charge is -2.14. The highest BCUT2D eigenvalue weighted by atomic mass is 16.2. The summed E-state index contributed by atoms with van der Waals surface area (Å²) in [4.78, 5) is 11.5. The molecular formula is C14H17N3O. The van der Waals surface area contributed by atoms with E-state index in [-0.39, 0.29) is 11.9 Å². The van der Waals surface area contributed by atoms with Crippen molar-refractivity contribution in [2.75, 3.05) is 6.54 Å². The molecular weight excluding hydrogens is 226 g/mol. The molecule has 18 heavy (non-hydrogen) atoms. The van der Waals surface area contributed by atoms with Gasteiger partial charge < -0.3 is 10.6 Å². The van der Waals surface area contributed by atoms with Gasteiger partial charge in [-0.15, -0.1) is 0 Å². The topological polar surface area (TPSA) is 64.9 Å². The third kappa shape index (κ3) is 3.57. The minimum absolute atomic E-state index is 0.0424. The van der Waals surface area contributed by atoms with E-state index in [2.05, 4.69) is 16.7 Å². The van der Waals surface area contributed by atoms with Crippen molar-refractivity contribution < 1.29 is 4.79 Å². The fraction of sp³-hybridized carbons (Fsp3) is 0.429. The van der Waals surface area contributed by atoms with Crippen LogP contribution in [0.25, 0.3) is 0 Å². The van der Waals surface area contributed by atoms with E-state index in [1.165, 1.54) is 0 Å². The fourth-order valence-corrected chi connectivity index (χ4v) is 1.75. The number of hydrogen-bond acceptors (Lipinski definition) is 3. The number of nitrogens with zero attached hydrogens (tertiary/aromatic N) is 1. The Labute approximate surface area is 107 Å². The normalized spacial score (nSPS) is 15.8. The molecule has 1 atom stereocenters. The zero-order valence-electron chi connectivity index (χ0n) is 10.4. The second-order valence-corrected chi connectivity index (χ2v) is 4.68. The second-order valence-electron chi connectivity index (χ2n) is 4.68. The number of hydrogen-bond donors (Lipinski definition) is 2. The summed E-state index contributed by atoms with van der Waals surface area (Å²) in [6.45, 7) is 2.30. The molecule has 0 saturated heterocycles. The standard InChI is InChI=1S/C14H17N3O/c1-10(12-4-2-3-11(7-12)8-15)16-9-14(18)17-13-5-6-13/h2-4,7,10,13,16H,5-6,9H2,1H3,(H,17,18). The molecule has 1 amide bonds. The number of amides is 1. The maximum absolute atomic E-state index is 11.5. The van der Waals surface area contributed by atoms with Crippen molar-refractivity contribution in [1.82, 2.24) is 10.6 Å².